The second kappa shape index (κ2) is 8.68. The normalized spacial score (nSPS) is 24.4. The average molecular weight is 263 g/mol. The van der Waals surface area contributed by atoms with Crippen LogP contribution in [0.15, 0.2) is 28.9 Å². The topological polar surface area (TPSA) is 38.7 Å². The predicted octanol–water partition coefficient (Wildman–Crippen LogP) is 3.91. The van der Waals surface area contributed by atoms with E-state index >= 15 is 0 Å². The number of hydrogen-bond acceptors (Lipinski definition) is 3. The van der Waals surface area contributed by atoms with E-state index in [2.05, 4.69) is 30.8 Å². The molecular formula is C16H25NO2. The van der Waals surface area contributed by atoms with E-state index in [0.717, 1.165) is 32.1 Å². The van der Waals surface area contributed by atoms with Crippen LogP contribution in [0.1, 0.15) is 45.4 Å². The lowest BCUT2D eigenvalue weighted by Gasteiger charge is -2.28. The highest BCUT2D eigenvalue weighted by Crippen LogP contribution is 2.35. The molecule has 0 aromatic rings. The third kappa shape index (κ3) is 5.41. The molecule has 19 heavy (non-hydrogen) atoms. The molecule has 0 spiro atoms. The first-order valence-electron chi connectivity index (χ1n) is 7.10. The SMILES string of the molecule is C=N/C=C\C(=C/CC)C1CCC(CC(=O)OC)CC1. The van der Waals surface area contributed by atoms with E-state index < -0.39 is 0 Å². The van der Waals surface area contributed by atoms with Crippen molar-refractivity contribution in [3.05, 3.63) is 23.9 Å². The molecule has 3 nitrogen and oxygen atoms in total. The molecule has 0 N–H and O–H groups in total. The maximum Gasteiger partial charge on any atom is 0.305 e. The van der Waals surface area contributed by atoms with Gasteiger partial charge >= 0.3 is 5.97 Å². The van der Waals surface area contributed by atoms with Crippen LogP contribution in [-0.4, -0.2) is 19.8 Å². The van der Waals surface area contributed by atoms with Crippen LogP contribution in [0.25, 0.3) is 0 Å². The number of carbonyl (C=O) groups is 1. The number of allylic oxidation sites excluding steroid dienone is 3. The average Bonchev–Trinajstić information content (AvgIpc) is 2.44. The third-order valence-electron chi connectivity index (χ3n) is 3.81. The fraction of sp³-hybridized carbons (Fsp3) is 0.625. The van der Waals surface area contributed by atoms with Crippen molar-refractivity contribution in [1.29, 1.82) is 0 Å². The summed E-state index contributed by atoms with van der Waals surface area (Å²) in [5, 5.41) is 0. The number of esters is 1. The minimum absolute atomic E-state index is 0.0801. The summed E-state index contributed by atoms with van der Waals surface area (Å²) in [4.78, 5) is 15.1. The minimum atomic E-state index is -0.0801. The van der Waals surface area contributed by atoms with Crippen LogP contribution in [0.5, 0.6) is 0 Å². The Balaban J connectivity index is 2.51. The molecule has 1 fully saturated rings. The van der Waals surface area contributed by atoms with E-state index in [-0.39, 0.29) is 5.97 Å². The molecule has 0 aromatic heterocycles. The third-order valence-corrected chi connectivity index (χ3v) is 3.81. The second-order valence-electron chi connectivity index (χ2n) is 5.11. The van der Waals surface area contributed by atoms with Gasteiger partial charge < -0.3 is 4.74 Å². The molecule has 0 heterocycles. The monoisotopic (exact) mass is 263 g/mol. The molecule has 0 saturated heterocycles. The summed E-state index contributed by atoms with van der Waals surface area (Å²) >= 11 is 0. The van der Waals surface area contributed by atoms with Crippen LogP contribution in [0.4, 0.5) is 0 Å². The summed E-state index contributed by atoms with van der Waals surface area (Å²) in [6.07, 6.45) is 12.2. The summed E-state index contributed by atoms with van der Waals surface area (Å²) < 4.78 is 4.74. The molecule has 0 unspecified atom stereocenters. The number of carbonyl (C=O) groups excluding carboxylic acids is 1. The van der Waals surface area contributed by atoms with Gasteiger partial charge in [-0.15, -0.1) is 0 Å². The lowest BCUT2D eigenvalue weighted by Crippen LogP contribution is -2.19. The van der Waals surface area contributed by atoms with Crippen LogP contribution >= 0.6 is 0 Å². The van der Waals surface area contributed by atoms with Crippen molar-refractivity contribution < 1.29 is 9.53 Å². The molecule has 0 aromatic carbocycles. The van der Waals surface area contributed by atoms with Crippen LogP contribution in [-0.2, 0) is 9.53 Å². The van der Waals surface area contributed by atoms with Crippen LogP contribution in [0.3, 0.4) is 0 Å². The maximum absolute atomic E-state index is 11.3. The maximum atomic E-state index is 11.3. The van der Waals surface area contributed by atoms with Crippen molar-refractivity contribution in [3.8, 4) is 0 Å². The Bertz CT molecular complexity index is 350. The van der Waals surface area contributed by atoms with Crippen molar-refractivity contribution in [1.82, 2.24) is 0 Å². The van der Waals surface area contributed by atoms with Crippen molar-refractivity contribution in [3.63, 3.8) is 0 Å². The number of rotatable bonds is 6. The Morgan fingerprint density at radius 1 is 1.37 bits per heavy atom. The van der Waals surface area contributed by atoms with Gasteiger partial charge in [0.05, 0.1) is 7.11 Å². The lowest BCUT2D eigenvalue weighted by atomic mass is 9.77. The molecule has 0 amide bonds. The van der Waals surface area contributed by atoms with Gasteiger partial charge in [0.15, 0.2) is 0 Å². The van der Waals surface area contributed by atoms with Crippen molar-refractivity contribution in [2.45, 2.75) is 45.4 Å². The molecule has 0 aliphatic heterocycles. The molecule has 1 aliphatic carbocycles. The van der Waals surface area contributed by atoms with Gasteiger partial charge in [-0.05, 0) is 62.3 Å². The molecule has 1 saturated carbocycles. The highest BCUT2D eigenvalue weighted by molar-refractivity contribution is 5.69. The van der Waals surface area contributed by atoms with Gasteiger partial charge in [-0.1, -0.05) is 13.0 Å². The van der Waals surface area contributed by atoms with Gasteiger partial charge in [0, 0.05) is 12.6 Å². The highest BCUT2D eigenvalue weighted by atomic mass is 16.5. The van der Waals surface area contributed by atoms with Gasteiger partial charge in [-0.3, -0.25) is 9.79 Å². The number of aliphatic imine (C=N–C) groups is 1. The summed E-state index contributed by atoms with van der Waals surface area (Å²) in [6, 6.07) is 0. The zero-order valence-electron chi connectivity index (χ0n) is 12.1. The first kappa shape index (κ1) is 15.7. The Hall–Kier alpha value is -1.38. The minimum Gasteiger partial charge on any atom is -0.469 e. The molecular weight excluding hydrogens is 238 g/mol. The van der Waals surface area contributed by atoms with E-state index in [4.69, 9.17) is 4.74 Å². The number of nitrogens with zero attached hydrogens (tertiary/aromatic N) is 1. The smallest absolute Gasteiger partial charge is 0.305 e. The zero-order valence-corrected chi connectivity index (χ0v) is 12.1. The fourth-order valence-corrected chi connectivity index (χ4v) is 2.76. The lowest BCUT2D eigenvalue weighted by molar-refractivity contribution is -0.142. The Kier molecular flexibility index (Phi) is 7.16. The standard InChI is InChI=1S/C16H25NO2/c1-4-5-14(10-11-17-2)15-8-6-13(7-9-15)12-16(18)19-3/h5,10-11,13,15H,2,4,6-9,12H2,1,3H3/b11-10-,14-5+. The Morgan fingerprint density at radius 2 is 2.05 bits per heavy atom. The summed E-state index contributed by atoms with van der Waals surface area (Å²) in [5.41, 5.74) is 1.37. The van der Waals surface area contributed by atoms with Gasteiger partial charge in [-0.2, -0.15) is 0 Å². The fourth-order valence-electron chi connectivity index (χ4n) is 2.76. The molecule has 3 heteroatoms. The molecule has 1 aliphatic rings. The van der Waals surface area contributed by atoms with E-state index in [1.165, 1.54) is 12.7 Å². The quantitative estimate of drug-likeness (QED) is 0.414. The first-order valence-corrected chi connectivity index (χ1v) is 7.10. The Labute approximate surface area is 116 Å². The van der Waals surface area contributed by atoms with E-state index in [1.807, 2.05) is 0 Å². The van der Waals surface area contributed by atoms with Gasteiger partial charge in [0.1, 0.15) is 0 Å². The summed E-state index contributed by atoms with van der Waals surface area (Å²) in [6.45, 7) is 5.63. The summed E-state index contributed by atoms with van der Waals surface area (Å²) in [7, 11) is 1.46. The number of ether oxygens (including phenoxy) is 1. The van der Waals surface area contributed by atoms with Crippen LogP contribution in [0, 0.1) is 11.8 Å². The van der Waals surface area contributed by atoms with Gasteiger partial charge in [0.2, 0.25) is 0 Å². The zero-order chi connectivity index (χ0) is 14.1. The molecule has 106 valence electrons. The van der Waals surface area contributed by atoms with Crippen molar-refractivity contribution >= 4 is 12.7 Å². The largest absolute Gasteiger partial charge is 0.469 e. The molecule has 0 bridgehead atoms. The van der Waals surface area contributed by atoms with Crippen molar-refractivity contribution in [2.75, 3.05) is 7.11 Å². The van der Waals surface area contributed by atoms with Crippen molar-refractivity contribution in [2.24, 2.45) is 16.8 Å². The first-order chi connectivity index (χ1) is 9.21. The second-order valence-corrected chi connectivity index (χ2v) is 5.11. The molecule has 0 radical (unpaired) electrons. The van der Waals surface area contributed by atoms with E-state index in [0.29, 0.717) is 18.3 Å². The predicted molar refractivity (Wildman–Crippen MR) is 79.1 cm³/mol. The van der Waals surface area contributed by atoms with E-state index in [9.17, 15) is 4.79 Å². The van der Waals surface area contributed by atoms with E-state index in [1.54, 1.807) is 6.20 Å². The molecule has 1 rings (SSSR count). The molecule has 0 atom stereocenters. The highest BCUT2D eigenvalue weighted by Gasteiger charge is 2.24. The van der Waals surface area contributed by atoms with Crippen LogP contribution in [0.2, 0.25) is 0 Å². The number of hydrogen-bond donors (Lipinski definition) is 0. The van der Waals surface area contributed by atoms with Crippen LogP contribution < -0.4 is 0 Å². The van der Waals surface area contributed by atoms with Gasteiger partial charge in [0.25, 0.3) is 0 Å². The Morgan fingerprint density at radius 3 is 2.58 bits per heavy atom. The number of methoxy groups -OCH3 is 1. The summed E-state index contributed by atoms with van der Waals surface area (Å²) in [5.74, 6) is 1.02. The van der Waals surface area contributed by atoms with Gasteiger partial charge in [-0.25, -0.2) is 0 Å².